The number of hydrogen-bond acceptors (Lipinski definition) is 2. The van der Waals surface area contributed by atoms with Gasteiger partial charge in [-0.3, -0.25) is 0 Å². The van der Waals surface area contributed by atoms with Gasteiger partial charge in [-0.2, -0.15) is 0 Å². The number of rotatable bonds is 2. The summed E-state index contributed by atoms with van der Waals surface area (Å²) in [6, 6.07) is 1.49. The molecule has 0 aliphatic heterocycles. The van der Waals surface area contributed by atoms with Crippen molar-refractivity contribution in [2.45, 2.75) is 0 Å². The predicted octanol–water partition coefficient (Wildman–Crippen LogP) is 1.88. The summed E-state index contributed by atoms with van der Waals surface area (Å²) in [6.07, 6.45) is 0. The number of benzene rings is 1. The van der Waals surface area contributed by atoms with Gasteiger partial charge < -0.3 is 10.2 Å². The highest BCUT2D eigenvalue weighted by atomic mass is 35.5. The maximum absolute atomic E-state index is 13.0. The van der Waals surface area contributed by atoms with Crippen molar-refractivity contribution in [1.82, 2.24) is 0 Å². The Kier molecular flexibility index (Phi) is 2.71. The van der Waals surface area contributed by atoms with Gasteiger partial charge in [-0.25, -0.2) is 14.0 Å². The third kappa shape index (κ3) is 1.82. The van der Waals surface area contributed by atoms with Crippen LogP contribution in [-0.4, -0.2) is 22.2 Å². The highest BCUT2D eigenvalue weighted by Crippen LogP contribution is 2.21. The standard InChI is InChI=1S/C8H4ClFO4/c9-4-1-3(7(11)12)2-5(10)6(4)8(13)14/h1-2H,(H,11,12)(H,13,14). The van der Waals surface area contributed by atoms with Crippen molar-refractivity contribution in [3.8, 4) is 0 Å². The molecular formula is C8H4ClFO4. The van der Waals surface area contributed by atoms with E-state index in [1.807, 2.05) is 0 Å². The van der Waals surface area contributed by atoms with Gasteiger partial charge in [0.05, 0.1) is 10.6 Å². The zero-order valence-corrected chi connectivity index (χ0v) is 7.38. The van der Waals surface area contributed by atoms with Gasteiger partial charge in [-0.1, -0.05) is 11.6 Å². The lowest BCUT2D eigenvalue weighted by Crippen LogP contribution is -2.05. The van der Waals surface area contributed by atoms with E-state index in [-0.39, 0.29) is 0 Å². The predicted molar refractivity (Wildman–Crippen MR) is 45.3 cm³/mol. The molecule has 0 heterocycles. The fraction of sp³-hybridized carbons (Fsp3) is 0. The summed E-state index contributed by atoms with van der Waals surface area (Å²) in [4.78, 5) is 20.9. The Balaban J connectivity index is 3.39. The first kappa shape index (κ1) is 10.5. The summed E-state index contributed by atoms with van der Waals surface area (Å²) in [5.41, 5.74) is -1.12. The Bertz CT molecular complexity index is 393. The van der Waals surface area contributed by atoms with Crippen LogP contribution in [0.2, 0.25) is 5.02 Å². The van der Waals surface area contributed by atoms with Crippen molar-refractivity contribution < 1.29 is 24.2 Å². The molecule has 0 amide bonds. The van der Waals surface area contributed by atoms with Crippen LogP contribution in [0.25, 0.3) is 0 Å². The molecule has 1 aromatic rings. The minimum Gasteiger partial charge on any atom is -0.478 e. The zero-order chi connectivity index (χ0) is 10.9. The monoisotopic (exact) mass is 218 g/mol. The average molecular weight is 219 g/mol. The van der Waals surface area contributed by atoms with Gasteiger partial charge in [-0.15, -0.1) is 0 Å². The topological polar surface area (TPSA) is 74.6 Å². The Hall–Kier alpha value is -1.62. The molecule has 74 valence electrons. The summed E-state index contributed by atoms with van der Waals surface area (Å²) in [5.74, 6) is -4.07. The van der Waals surface area contributed by atoms with Crippen molar-refractivity contribution in [1.29, 1.82) is 0 Å². The van der Waals surface area contributed by atoms with Crippen LogP contribution in [0, 0.1) is 5.82 Å². The smallest absolute Gasteiger partial charge is 0.340 e. The van der Waals surface area contributed by atoms with Crippen LogP contribution in [0.3, 0.4) is 0 Å². The molecule has 0 radical (unpaired) electrons. The fourth-order valence-corrected chi connectivity index (χ4v) is 1.19. The summed E-state index contributed by atoms with van der Waals surface area (Å²) in [6.45, 7) is 0. The van der Waals surface area contributed by atoms with Crippen molar-refractivity contribution in [3.63, 3.8) is 0 Å². The Morgan fingerprint density at radius 3 is 2.14 bits per heavy atom. The van der Waals surface area contributed by atoms with E-state index < -0.39 is 33.9 Å². The van der Waals surface area contributed by atoms with E-state index in [0.29, 0.717) is 6.07 Å². The summed E-state index contributed by atoms with van der Waals surface area (Å²) >= 11 is 5.39. The van der Waals surface area contributed by atoms with Gasteiger partial charge in [0.15, 0.2) is 0 Å². The van der Waals surface area contributed by atoms with E-state index in [1.54, 1.807) is 0 Å². The number of carboxylic acids is 2. The number of aromatic carboxylic acids is 2. The minimum absolute atomic E-state index is 0.391. The first-order valence-electron chi connectivity index (χ1n) is 3.39. The largest absolute Gasteiger partial charge is 0.478 e. The molecule has 4 nitrogen and oxygen atoms in total. The van der Waals surface area contributed by atoms with E-state index in [1.165, 1.54) is 0 Å². The number of carboxylic acid groups (broad SMARTS) is 2. The maximum Gasteiger partial charge on any atom is 0.340 e. The van der Waals surface area contributed by atoms with Gasteiger partial charge in [0.1, 0.15) is 11.4 Å². The molecule has 1 rings (SSSR count). The highest BCUT2D eigenvalue weighted by molar-refractivity contribution is 6.33. The summed E-state index contributed by atoms with van der Waals surface area (Å²) < 4.78 is 13.0. The second-order valence-corrected chi connectivity index (χ2v) is 2.83. The van der Waals surface area contributed by atoms with Crippen LogP contribution in [-0.2, 0) is 0 Å². The molecule has 14 heavy (non-hydrogen) atoms. The van der Waals surface area contributed by atoms with Crippen molar-refractivity contribution >= 4 is 23.5 Å². The lowest BCUT2D eigenvalue weighted by Gasteiger charge is -2.02. The average Bonchev–Trinajstić information content (AvgIpc) is 2.01. The Morgan fingerprint density at radius 1 is 1.21 bits per heavy atom. The van der Waals surface area contributed by atoms with Crippen molar-refractivity contribution in [2.75, 3.05) is 0 Å². The molecule has 0 spiro atoms. The first-order valence-corrected chi connectivity index (χ1v) is 3.77. The third-order valence-corrected chi connectivity index (χ3v) is 1.80. The molecule has 0 saturated carbocycles. The van der Waals surface area contributed by atoms with Crippen LogP contribution in [0.15, 0.2) is 12.1 Å². The Morgan fingerprint density at radius 2 is 1.79 bits per heavy atom. The third-order valence-electron chi connectivity index (χ3n) is 1.50. The molecule has 0 bridgehead atoms. The Labute approximate surface area is 82.5 Å². The molecule has 1 aromatic carbocycles. The molecule has 0 aromatic heterocycles. The zero-order valence-electron chi connectivity index (χ0n) is 6.62. The quantitative estimate of drug-likeness (QED) is 0.795. The van der Waals surface area contributed by atoms with E-state index in [4.69, 9.17) is 21.8 Å². The van der Waals surface area contributed by atoms with Crippen LogP contribution in [0.5, 0.6) is 0 Å². The molecule has 0 saturated heterocycles. The van der Waals surface area contributed by atoms with Crippen LogP contribution in [0.1, 0.15) is 20.7 Å². The first-order chi connectivity index (χ1) is 6.43. The van der Waals surface area contributed by atoms with E-state index in [9.17, 15) is 14.0 Å². The lowest BCUT2D eigenvalue weighted by atomic mass is 10.1. The van der Waals surface area contributed by atoms with Crippen LogP contribution >= 0.6 is 11.6 Å². The van der Waals surface area contributed by atoms with Crippen LogP contribution in [0.4, 0.5) is 4.39 Å². The van der Waals surface area contributed by atoms with E-state index in [0.717, 1.165) is 6.07 Å². The second kappa shape index (κ2) is 3.63. The maximum atomic E-state index is 13.0. The molecule has 0 aliphatic rings. The second-order valence-electron chi connectivity index (χ2n) is 2.43. The highest BCUT2D eigenvalue weighted by Gasteiger charge is 2.18. The number of carbonyl (C=O) groups is 2. The molecule has 2 N–H and O–H groups in total. The normalized spacial score (nSPS) is 9.86. The van der Waals surface area contributed by atoms with Gasteiger partial charge in [0, 0.05) is 0 Å². The van der Waals surface area contributed by atoms with Gasteiger partial charge in [0.25, 0.3) is 0 Å². The fourth-order valence-electron chi connectivity index (χ4n) is 0.901. The molecule has 0 atom stereocenters. The van der Waals surface area contributed by atoms with E-state index in [2.05, 4.69) is 0 Å². The van der Waals surface area contributed by atoms with E-state index >= 15 is 0 Å². The number of halogens is 2. The summed E-state index contributed by atoms with van der Waals surface area (Å²) in [7, 11) is 0. The molecule has 0 aliphatic carbocycles. The van der Waals surface area contributed by atoms with Crippen LogP contribution < -0.4 is 0 Å². The van der Waals surface area contributed by atoms with Gasteiger partial charge in [0.2, 0.25) is 0 Å². The van der Waals surface area contributed by atoms with Gasteiger partial charge in [-0.05, 0) is 12.1 Å². The molecule has 0 fully saturated rings. The molecule has 6 heteroatoms. The lowest BCUT2D eigenvalue weighted by molar-refractivity contribution is 0.0676. The van der Waals surface area contributed by atoms with Gasteiger partial charge >= 0.3 is 11.9 Å². The number of hydrogen-bond donors (Lipinski definition) is 2. The van der Waals surface area contributed by atoms with Crippen molar-refractivity contribution in [2.24, 2.45) is 0 Å². The molecular weight excluding hydrogens is 215 g/mol. The SMILES string of the molecule is O=C(O)c1cc(F)c(C(=O)O)c(Cl)c1. The minimum atomic E-state index is -1.54. The molecule has 0 unspecified atom stereocenters. The van der Waals surface area contributed by atoms with Crippen molar-refractivity contribution in [3.05, 3.63) is 34.1 Å². The summed E-state index contributed by atoms with van der Waals surface area (Å²) in [5, 5.41) is 16.6.